The van der Waals surface area contributed by atoms with Crippen molar-refractivity contribution in [2.45, 2.75) is 31.3 Å². The molecule has 170 valence electrons. The van der Waals surface area contributed by atoms with Gasteiger partial charge in [-0.15, -0.1) is 0 Å². The summed E-state index contributed by atoms with van der Waals surface area (Å²) in [4.78, 5) is 18.5. The normalized spacial score (nSPS) is 19.2. The number of anilines is 1. The summed E-state index contributed by atoms with van der Waals surface area (Å²) in [7, 11) is 0. The lowest BCUT2D eigenvalue weighted by atomic mass is 10.1. The van der Waals surface area contributed by atoms with E-state index in [1.54, 1.807) is 16.7 Å². The number of halogens is 3. The van der Waals surface area contributed by atoms with Gasteiger partial charge in [-0.05, 0) is 41.5 Å². The molecule has 0 bridgehead atoms. The summed E-state index contributed by atoms with van der Waals surface area (Å²) >= 11 is 0. The third-order valence-electron chi connectivity index (χ3n) is 6.27. The van der Waals surface area contributed by atoms with Crippen LogP contribution >= 0.6 is 0 Å². The van der Waals surface area contributed by atoms with Crippen LogP contribution in [0.3, 0.4) is 0 Å². The number of aromatic nitrogens is 2. The van der Waals surface area contributed by atoms with E-state index in [0.717, 1.165) is 24.4 Å². The zero-order valence-electron chi connectivity index (χ0n) is 17.5. The fourth-order valence-corrected chi connectivity index (χ4v) is 4.43. The third-order valence-corrected chi connectivity index (χ3v) is 6.27. The summed E-state index contributed by atoms with van der Waals surface area (Å²) in [6.45, 7) is 0.653. The molecule has 0 saturated heterocycles. The molecule has 2 aliphatic heterocycles. The van der Waals surface area contributed by atoms with Gasteiger partial charge in [-0.1, -0.05) is 12.1 Å². The molecule has 0 radical (unpaired) electrons. The summed E-state index contributed by atoms with van der Waals surface area (Å²) in [6.07, 6.45) is -1.50. The molecule has 0 amide bonds. The molecular weight excluding hydrogens is 449 g/mol. The van der Waals surface area contributed by atoms with E-state index in [1.807, 2.05) is 12.3 Å². The minimum atomic E-state index is -4.50. The SMILES string of the molecule is N#Cc1cc(COc2cc3n(c(=O)n2)CC24CC2=CN34)ccc1Oc1cccc(C(F)(F)F)c1. The first kappa shape index (κ1) is 20.4. The fourth-order valence-electron chi connectivity index (χ4n) is 4.43. The Balaban J connectivity index is 1.18. The van der Waals surface area contributed by atoms with Crippen LogP contribution in [-0.4, -0.2) is 15.1 Å². The monoisotopic (exact) mass is 464 g/mol. The van der Waals surface area contributed by atoms with Crippen LogP contribution in [0.4, 0.5) is 19.0 Å². The zero-order valence-corrected chi connectivity index (χ0v) is 17.5. The lowest BCUT2D eigenvalue weighted by molar-refractivity contribution is -0.137. The number of nitrogens with zero attached hydrogens (tertiary/aromatic N) is 4. The molecule has 1 saturated carbocycles. The average Bonchev–Trinajstić information content (AvgIpc) is 3.25. The second-order valence-corrected chi connectivity index (χ2v) is 8.41. The molecule has 10 heteroatoms. The van der Waals surface area contributed by atoms with Crippen molar-refractivity contribution in [1.29, 1.82) is 5.26 Å². The first-order chi connectivity index (χ1) is 16.3. The molecule has 1 atom stereocenters. The zero-order chi connectivity index (χ0) is 23.7. The molecule has 1 fully saturated rings. The molecular formula is C24H15F3N4O3. The maximum atomic E-state index is 12.9. The van der Waals surface area contributed by atoms with Gasteiger partial charge in [0.2, 0.25) is 5.88 Å². The van der Waals surface area contributed by atoms with Gasteiger partial charge in [-0.25, -0.2) is 4.79 Å². The Labute approximate surface area is 190 Å². The Morgan fingerprint density at radius 3 is 2.76 bits per heavy atom. The molecule has 3 aliphatic rings. The minimum Gasteiger partial charge on any atom is -0.473 e. The first-order valence-electron chi connectivity index (χ1n) is 10.4. The van der Waals surface area contributed by atoms with Gasteiger partial charge in [0, 0.05) is 18.7 Å². The van der Waals surface area contributed by atoms with E-state index >= 15 is 0 Å². The molecule has 3 heterocycles. The van der Waals surface area contributed by atoms with Crippen molar-refractivity contribution in [2.24, 2.45) is 0 Å². The van der Waals surface area contributed by atoms with E-state index in [4.69, 9.17) is 9.47 Å². The van der Waals surface area contributed by atoms with E-state index in [0.29, 0.717) is 12.1 Å². The molecule has 1 aliphatic carbocycles. The highest BCUT2D eigenvalue weighted by Gasteiger charge is 2.64. The van der Waals surface area contributed by atoms with Crippen LogP contribution in [0.25, 0.3) is 0 Å². The van der Waals surface area contributed by atoms with Crippen LogP contribution < -0.4 is 20.1 Å². The van der Waals surface area contributed by atoms with Crippen molar-refractivity contribution >= 4 is 5.82 Å². The lowest BCUT2D eigenvalue weighted by Gasteiger charge is -2.27. The molecule has 0 N–H and O–H groups in total. The average molecular weight is 464 g/mol. The molecule has 1 unspecified atom stereocenters. The quantitative estimate of drug-likeness (QED) is 0.558. The van der Waals surface area contributed by atoms with Crippen LogP contribution in [-0.2, 0) is 19.3 Å². The predicted octanol–water partition coefficient (Wildman–Crippen LogP) is 4.37. The number of benzene rings is 2. The van der Waals surface area contributed by atoms with E-state index in [9.17, 15) is 23.2 Å². The smallest absolute Gasteiger partial charge is 0.416 e. The number of ether oxygens (including phenoxy) is 2. The number of fused-ring (bicyclic) bond motifs is 2. The summed E-state index contributed by atoms with van der Waals surface area (Å²) in [5, 5.41) is 9.50. The van der Waals surface area contributed by atoms with Crippen LogP contribution in [0.2, 0.25) is 0 Å². The maximum absolute atomic E-state index is 12.9. The van der Waals surface area contributed by atoms with E-state index < -0.39 is 11.7 Å². The number of alkyl halides is 3. The Kier molecular flexibility index (Phi) is 4.11. The van der Waals surface area contributed by atoms with Crippen molar-refractivity contribution in [3.8, 4) is 23.4 Å². The lowest BCUT2D eigenvalue weighted by Crippen LogP contribution is -2.35. The minimum absolute atomic E-state index is 0.0242. The van der Waals surface area contributed by atoms with E-state index in [2.05, 4.69) is 9.88 Å². The standard InChI is InChI=1S/C24H15F3N4O3/c25-24(26,27)16-2-1-3-18(7-16)34-19-5-4-14(6-15(19)10-28)12-33-20-8-21-30(22(32)29-20)13-23-9-17(23)11-31(21)23/h1-8,11H,9,12-13H2. The van der Waals surface area contributed by atoms with Crippen LogP contribution in [0, 0.1) is 11.3 Å². The highest BCUT2D eigenvalue weighted by molar-refractivity contribution is 5.71. The van der Waals surface area contributed by atoms with Crippen LogP contribution in [0.1, 0.15) is 23.1 Å². The Hall–Kier alpha value is -4.26. The van der Waals surface area contributed by atoms with Gasteiger partial charge in [0.15, 0.2) is 0 Å². The predicted molar refractivity (Wildman–Crippen MR) is 113 cm³/mol. The van der Waals surface area contributed by atoms with Gasteiger partial charge in [-0.2, -0.15) is 23.4 Å². The molecule has 2 aromatic carbocycles. The Bertz CT molecular complexity index is 1490. The van der Waals surface area contributed by atoms with Gasteiger partial charge in [-0.3, -0.25) is 4.57 Å². The van der Waals surface area contributed by atoms with Crippen molar-refractivity contribution in [2.75, 3.05) is 4.90 Å². The summed E-state index contributed by atoms with van der Waals surface area (Å²) in [5.74, 6) is 1.02. The number of rotatable bonds is 5. The summed E-state index contributed by atoms with van der Waals surface area (Å²) in [6, 6.07) is 12.8. The van der Waals surface area contributed by atoms with Gasteiger partial charge in [0.1, 0.15) is 30.0 Å². The molecule has 6 rings (SSSR count). The molecule has 3 aromatic rings. The summed E-state index contributed by atoms with van der Waals surface area (Å²) < 4.78 is 51.7. The number of hydrogen-bond donors (Lipinski definition) is 0. The highest BCUT2D eigenvalue weighted by atomic mass is 19.4. The number of nitriles is 1. The fraction of sp³-hybridized carbons (Fsp3) is 0.208. The molecule has 1 spiro atoms. The van der Waals surface area contributed by atoms with Crippen LogP contribution in [0.5, 0.6) is 17.4 Å². The molecule has 34 heavy (non-hydrogen) atoms. The van der Waals surface area contributed by atoms with Crippen molar-refractivity contribution in [3.05, 3.63) is 87.5 Å². The van der Waals surface area contributed by atoms with Gasteiger partial charge in [0.25, 0.3) is 0 Å². The second kappa shape index (κ2) is 6.87. The Morgan fingerprint density at radius 2 is 2.03 bits per heavy atom. The largest absolute Gasteiger partial charge is 0.473 e. The third kappa shape index (κ3) is 3.12. The Morgan fingerprint density at radius 1 is 1.18 bits per heavy atom. The maximum Gasteiger partial charge on any atom is 0.416 e. The van der Waals surface area contributed by atoms with E-state index in [1.165, 1.54) is 29.8 Å². The molecule has 7 nitrogen and oxygen atoms in total. The van der Waals surface area contributed by atoms with Gasteiger partial charge < -0.3 is 14.4 Å². The summed E-state index contributed by atoms with van der Waals surface area (Å²) in [5.41, 5.74) is 0.843. The topological polar surface area (TPSA) is 80.4 Å². The first-order valence-corrected chi connectivity index (χ1v) is 10.4. The van der Waals surface area contributed by atoms with Crippen molar-refractivity contribution in [3.63, 3.8) is 0 Å². The molecule has 1 aromatic heterocycles. The van der Waals surface area contributed by atoms with Crippen molar-refractivity contribution < 1.29 is 22.6 Å². The highest BCUT2D eigenvalue weighted by Crippen LogP contribution is 2.61. The van der Waals surface area contributed by atoms with Gasteiger partial charge >= 0.3 is 11.9 Å². The second-order valence-electron chi connectivity index (χ2n) is 8.41. The number of hydrogen-bond acceptors (Lipinski definition) is 6. The van der Waals surface area contributed by atoms with Gasteiger partial charge in [0.05, 0.1) is 23.2 Å². The van der Waals surface area contributed by atoms with Crippen LogP contribution in [0.15, 0.2) is 65.1 Å². The van der Waals surface area contributed by atoms with Crippen molar-refractivity contribution in [1.82, 2.24) is 9.55 Å². The van der Waals surface area contributed by atoms with E-state index in [-0.39, 0.29) is 40.8 Å².